The van der Waals surface area contributed by atoms with E-state index in [4.69, 9.17) is 0 Å². The molecule has 0 saturated heterocycles. The van der Waals surface area contributed by atoms with Gasteiger partial charge in [0.15, 0.2) is 0 Å². The largest absolute Gasteiger partial charge is 0.309 e. The van der Waals surface area contributed by atoms with Crippen LogP contribution in [0.5, 0.6) is 0 Å². The molecule has 1 aliphatic carbocycles. The van der Waals surface area contributed by atoms with Crippen LogP contribution < -0.4 is 4.90 Å². The molecule has 1 amide bonds. The number of alkyl halides is 1. The van der Waals surface area contributed by atoms with Crippen molar-refractivity contribution >= 4 is 27.5 Å². The number of halogens is 1. The van der Waals surface area contributed by atoms with E-state index in [0.29, 0.717) is 16.8 Å². The number of carbonyl (C=O) groups excluding carboxylic acids is 1. The van der Waals surface area contributed by atoms with Crippen LogP contribution in [0, 0.1) is 11.8 Å². The van der Waals surface area contributed by atoms with Crippen LogP contribution >= 0.6 is 15.9 Å². The number of unbranched alkanes of at least 4 members (excludes halogenated alkanes) is 1. The summed E-state index contributed by atoms with van der Waals surface area (Å²) in [6.07, 6.45) is 13.1. The Hall–Kier alpha value is -0.830. The van der Waals surface area contributed by atoms with E-state index in [1.54, 1.807) is 0 Å². The molecule has 156 valence electrons. The summed E-state index contributed by atoms with van der Waals surface area (Å²) in [5.74, 6) is 1.48. The first-order valence-corrected chi connectivity index (χ1v) is 12.5. The number of fused-ring (bicyclic) bond motifs is 1. The summed E-state index contributed by atoms with van der Waals surface area (Å²) in [5, 5.41) is 0. The van der Waals surface area contributed by atoms with Crippen LogP contribution in [-0.2, 0) is 17.6 Å². The van der Waals surface area contributed by atoms with E-state index >= 15 is 0 Å². The summed E-state index contributed by atoms with van der Waals surface area (Å²) in [6, 6.07) is 7.10. The Morgan fingerprint density at radius 3 is 2.61 bits per heavy atom. The molecule has 0 aromatic heterocycles. The van der Waals surface area contributed by atoms with Crippen LogP contribution in [0.1, 0.15) is 89.7 Å². The van der Waals surface area contributed by atoms with Crippen molar-refractivity contribution in [1.29, 1.82) is 0 Å². The van der Waals surface area contributed by atoms with Crippen molar-refractivity contribution in [3.8, 4) is 0 Å². The van der Waals surface area contributed by atoms with Crippen LogP contribution in [0.2, 0.25) is 0 Å². The highest BCUT2D eigenvalue weighted by atomic mass is 79.9. The van der Waals surface area contributed by atoms with Crippen LogP contribution in [0.15, 0.2) is 18.2 Å². The Labute approximate surface area is 180 Å². The van der Waals surface area contributed by atoms with Gasteiger partial charge in [-0.2, -0.15) is 0 Å². The number of hydrogen-bond acceptors (Lipinski definition) is 1. The number of rotatable bonds is 8. The van der Waals surface area contributed by atoms with Gasteiger partial charge in [0.05, 0.1) is 0 Å². The molecule has 2 atom stereocenters. The lowest BCUT2D eigenvalue weighted by atomic mass is 9.79. The molecule has 2 aliphatic rings. The molecule has 0 N–H and O–H groups in total. The highest BCUT2D eigenvalue weighted by Crippen LogP contribution is 2.38. The summed E-state index contributed by atoms with van der Waals surface area (Å²) in [4.78, 5) is 16.0. The van der Waals surface area contributed by atoms with E-state index in [2.05, 4.69) is 59.8 Å². The Morgan fingerprint density at radius 2 is 1.93 bits per heavy atom. The van der Waals surface area contributed by atoms with Crippen LogP contribution in [0.3, 0.4) is 0 Å². The average Bonchev–Trinajstić information content (AvgIpc) is 3.01. The Balaban J connectivity index is 1.64. The zero-order valence-electron chi connectivity index (χ0n) is 18.1. The summed E-state index contributed by atoms with van der Waals surface area (Å²) < 4.78 is 0. The molecule has 1 saturated carbocycles. The predicted molar refractivity (Wildman–Crippen MR) is 123 cm³/mol. The highest BCUT2D eigenvalue weighted by Gasteiger charge is 2.36. The molecule has 2 nitrogen and oxygen atoms in total. The van der Waals surface area contributed by atoms with Crippen molar-refractivity contribution in [1.82, 2.24) is 0 Å². The molecule has 28 heavy (non-hydrogen) atoms. The molecule has 3 rings (SSSR count). The summed E-state index contributed by atoms with van der Waals surface area (Å²) >= 11 is 3.81. The van der Waals surface area contributed by atoms with Crippen LogP contribution in [-0.4, -0.2) is 16.8 Å². The van der Waals surface area contributed by atoms with Gasteiger partial charge in [-0.3, -0.25) is 4.79 Å². The van der Waals surface area contributed by atoms with Crippen molar-refractivity contribution in [2.45, 2.75) is 102 Å². The Bertz CT molecular complexity index is 650. The minimum atomic E-state index is 0.238. The Morgan fingerprint density at radius 1 is 1.18 bits per heavy atom. The molecular formula is C25H38BrNO. The fourth-order valence-corrected chi connectivity index (χ4v) is 6.04. The van der Waals surface area contributed by atoms with Crippen molar-refractivity contribution < 1.29 is 4.79 Å². The SMILES string of the molecule is CCCCC1CCC(C(=O)N2c3ccc(CC(Br)CCC)cc3CC2C)CC1. The molecule has 1 aromatic carbocycles. The van der Waals surface area contributed by atoms with Gasteiger partial charge in [0.1, 0.15) is 0 Å². The maximum atomic E-state index is 13.4. The summed E-state index contributed by atoms with van der Waals surface area (Å²) in [5.41, 5.74) is 3.94. The molecule has 1 heterocycles. The summed E-state index contributed by atoms with van der Waals surface area (Å²) in [6.45, 7) is 6.73. The van der Waals surface area contributed by atoms with E-state index in [1.807, 2.05) is 0 Å². The maximum Gasteiger partial charge on any atom is 0.230 e. The quantitative estimate of drug-likeness (QED) is 0.390. The molecule has 3 heteroatoms. The highest BCUT2D eigenvalue weighted by molar-refractivity contribution is 9.09. The Kier molecular flexibility index (Phi) is 8.02. The minimum Gasteiger partial charge on any atom is -0.309 e. The fourth-order valence-electron chi connectivity index (χ4n) is 5.21. The average molecular weight is 448 g/mol. The van der Waals surface area contributed by atoms with Gasteiger partial charge in [0, 0.05) is 22.5 Å². The topological polar surface area (TPSA) is 20.3 Å². The van der Waals surface area contributed by atoms with Crippen molar-refractivity contribution in [3.63, 3.8) is 0 Å². The molecule has 0 spiro atoms. The normalized spacial score (nSPS) is 25.6. The number of benzene rings is 1. The molecule has 0 bridgehead atoms. The number of carbonyl (C=O) groups is 1. The second-order valence-electron chi connectivity index (χ2n) is 9.17. The minimum absolute atomic E-state index is 0.238. The third-order valence-electron chi connectivity index (χ3n) is 6.82. The first-order chi connectivity index (χ1) is 13.5. The van der Waals surface area contributed by atoms with Gasteiger partial charge in [-0.25, -0.2) is 0 Å². The zero-order chi connectivity index (χ0) is 20.1. The number of hydrogen-bond donors (Lipinski definition) is 0. The van der Waals surface area contributed by atoms with Gasteiger partial charge < -0.3 is 4.90 Å². The second-order valence-corrected chi connectivity index (χ2v) is 10.5. The van der Waals surface area contributed by atoms with Gasteiger partial charge in [-0.15, -0.1) is 0 Å². The number of nitrogens with zero attached hydrogens (tertiary/aromatic N) is 1. The van der Waals surface area contributed by atoms with E-state index in [0.717, 1.165) is 31.6 Å². The zero-order valence-corrected chi connectivity index (χ0v) is 19.6. The number of anilines is 1. The monoisotopic (exact) mass is 447 g/mol. The van der Waals surface area contributed by atoms with E-state index in [1.165, 1.54) is 61.8 Å². The lowest BCUT2D eigenvalue weighted by molar-refractivity contribution is -0.123. The molecular weight excluding hydrogens is 410 g/mol. The van der Waals surface area contributed by atoms with Crippen molar-refractivity contribution in [2.75, 3.05) is 4.90 Å². The smallest absolute Gasteiger partial charge is 0.230 e. The van der Waals surface area contributed by atoms with Gasteiger partial charge in [0.25, 0.3) is 0 Å². The van der Waals surface area contributed by atoms with E-state index < -0.39 is 0 Å². The predicted octanol–water partition coefficient (Wildman–Crippen LogP) is 7.07. The maximum absolute atomic E-state index is 13.4. The van der Waals surface area contributed by atoms with Gasteiger partial charge in [0.2, 0.25) is 5.91 Å². The lowest BCUT2D eigenvalue weighted by Gasteiger charge is -2.32. The van der Waals surface area contributed by atoms with Gasteiger partial charge >= 0.3 is 0 Å². The van der Waals surface area contributed by atoms with Crippen LogP contribution in [0.25, 0.3) is 0 Å². The lowest BCUT2D eigenvalue weighted by Crippen LogP contribution is -2.41. The molecule has 0 radical (unpaired) electrons. The molecule has 1 aromatic rings. The first-order valence-electron chi connectivity index (χ1n) is 11.6. The van der Waals surface area contributed by atoms with Crippen molar-refractivity contribution in [3.05, 3.63) is 29.3 Å². The molecule has 2 unspecified atom stereocenters. The third-order valence-corrected chi connectivity index (χ3v) is 7.60. The van der Waals surface area contributed by atoms with Gasteiger partial charge in [-0.05, 0) is 75.0 Å². The second kappa shape index (κ2) is 10.3. The van der Waals surface area contributed by atoms with Crippen LogP contribution in [0.4, 0.5) is 5.69 Å². The summed E-state index contributed by atoms with van der Waals surface area (Å²) in [7, 11) is 0. The first kappa shape index (κ1) is 21.9. The van der Waals surface area contributed by atoms with Crippen molar-refractivity contribution in [2.24, 2.45) is 11.8 Å². The molecule has 1 aliphatic heterocycles. The van der Waals surface area contributed by atoms with E-state index in [9.17, 15) is 4.79 Å². The fraction of sp³-hybridized carbons (Fsp3) is 0.720. The van der Waals surface area contributed by atoms with E-state index in [-0.39, 0.29) is 5.92 Å². The third kappa shape index (κ3) is 5.20. The number of amides is 1. The molecule has 1 fully saturated rings. The van der Waals surface area contributed by atoms with Gasteiger partial charge in [-0.1, -0.05) is 67.6 Å². The standard InChI is InChI=1S/C25H38BrNO/c1-4-6-8-19-9-12-21(13-10-19)25(28)27-18(3)15-22-16-20(11-14-24(22)27)17-23(26)7-5-2/h11,14,16,18-19,21,23H,4-10,12-13,15,17H2,1-3H3.